The number of phenolic OH excluding ortho intramolecular Hbond substituents is 1. The van der Waals surface area contributed by atoms with E-state index in [1.165, 1.54) is 12.1 Å². The van der Waals surface area contributed by atoms with Crippen molar-refractivity contribution in [1.82, 2.24) is 4.90 Å². The van der Waals surface area contributed by atoms with Gasteiger partial charge in [-0.15, -0.1) is 13.2 Å². The van der Waals surface area contributed by atoms with Gasteiger partial charge in [-0.05, 0) is 24.1 Å². The highest BCUT2D eigenvalue weighted by molar-refractivity contribution is 6.17. The molecule has 158 valence electrons. The topological polar surface area (TPSA) is 78.9 Å². The summed E-state index contributed by atoms with van der Waals surface area (Å²) in [5.41, 5.74) is 0.143. The number of amides is 2. The molecule has 6 nitrogen and oxygen atoms in total. The number of ether oxygens (including phenoxy) is 1. The number of nitrogens with zero attached hydrogens (tertiary/aromatic N) is 1. The Labute approximate surface area is 166 Å². The van der Waals surface area contributed by atoms with Crippen LogP contribution in [0.4, 0.5) is 27.6 Å². The third kappa shape index (κ3) is 4.85. The number of imide groups is 1. The number of carbonyl (C=O) groups excluding carboxylic acids is 2. The molecular formula is C19H13F5N2O4. The van der Waals surface area contributed by atoms with Crippen LogP contribution in [0.5, 0.6) is 11.5 Å². The van der Waals surface area contributed by atoms with Crippen LogP contribution in [-0.2, 0) is 16.0 Å². The Bertz CT molecular complexity index is 996. The molecule has 1 heterocycles. The Morgan fingerprint density at radius 3 is 2.20 bits per heavy atom. The lowest BCUT2D eigenvalue weighted by Crippen LogP contribution is -2.33. The van der Waals surface area contributed by atoms with Crippen LogP contribution in [-0.4, -0.2) is 34.7 Å². The van der Waals surface area contributed by atoms with Gasteiger partial charge < -0.3 is 15.2 Å². The Kier molecular flexibility index (Phi) is 5.63. The van der Waals surface area contributed by atoms with E-state index in [9.17, 15) is 31.5 Å². The van der Waals surface area contributed by atoms with Crippen molar-refractivity contribution in [2.24, 2.45) is 0 Å². The van der Waals surface area contributed by atoms with Crippen LogP contribution in [0.3, 0.4) is 0 Å². The minimum Gasteiger partial charge on any atom is -0.503 e. The van der Waals surface area contributed by atoms with E-state index in [4.69, 9.17) is 5.11 Å². The first-order valence-electron chi connectivity index (χ1n) is 8.41. The number of nitrogens with one attached hydrogen (secondary N) is 1. The van der Waals surface area contributed by atoms with Crippen LogP contribution in [0.25, 0.3) is 0 Å². The lowest BCUT2D eigenvalue weighted by atomic mass is 10.1. The van der Waals surface area contributed by atoms with Crippen LogP contribution in [0, 0.1) is 11.6 Å². The molecule has 30 heavy (non-hydrogen) atoms. The molecule has 0 fully saturated rings. The number of anilines is 1. The molecule has 0 bridgehead atoms. The van der Waals surface area contributed by atoms with Crippen LogP contribution in [0.2, 0.25) is 0 Å². The van der Waals surface area contributed by atoms with Crippen molar-refractivity contribution in [3.63, 3.8) is 0 Å². The van der Waals surface area contributed by atoms with Gasteiger partial charge in [-0.2, -0.15) is 0 Å². The van der Waals surface area contributed by atoms with Crippen molar-refractivity contribution in [1.29, 1.82) is 0 Å². The van der Waals surface area contributed by atoms with Crippen LogP contribution in [0.15, 0.2) is 48.2 Å². The molecule has 0 atom stereocenters. The fourth-order valence-corrected chi connectivity index (χ4v) is 2.70. The third-order valence-electron chi connectivity index (χ3n) is 4.09. The predicted molar refractivity (Wildman–Crippen MR) is 93.3 cm³/mol. The third-order valence-corrected chi connectivity index (χ3v) is 4.09. The molecule has 11 heteroatoms. The number of phenols is 1. The van der Waals surface area contributed by atoms with Crippen molar-refractivity contribution < 1.29 is 41.4 Å². The Morgan fingerprint density at radius 2 is 1.63 bits per heavy atom. The summed E-state index contributed by atoms with van der Waals surface area (Å²) in [5, 5.41) is 11.5. The molecule has 0 radical (unpaired) electrons. The van der Waals surface area contributed by atoms with Gasteiger partial charge in [0.05, 0.1) is 0 Å². The normalized spacial score (nSPS) is 14.2. The number of hydrogen-bond acceptors (Lipinski definition) is 5. The number of benzene rings is 2. The molecule has 1 aliphatic heterocycles. The molecule has 0 aliphatic carbocycles. The van der Waals surface area contributed by atoms with E-state index < -0.39 is 41.3 Å². The molecular weight excluding hydrogens is 415 g/mol. The zero-order valence-electron chi connectivity index (χ0n) is 15.0. The number of carbonyl (C=O) groups is 2. The molecule has 2 N–H and O–H groups in total. The first-order chi connectivity index (χ1) is 14.0. The minimum absolute atomic E-state index is 0.0723. The largest absolute Gasteiger partial charge is 0.573 e. The summed E-state index contributed by atoms with van der Waals surface area (Å²) in [4.78, 5) is 25.3. The van der Waals surface area contributed by atoms with Crippen LogP contribution < -0.4 is 10.1 Å². The second kappa shape index (κ2) is 8.01. The highest BCUT2D eigenvalue weighted by atomic mass is 19.4. The second-order valence-electron chi connectivity index (χ2n) is 6.21. The smallest absolute Gasteiger partial charge is 0.503 e. The van der Waals surface area contributed by atoms with Gasteiger partial charge in [0.2, 0.25) is 0 Å². The van der Waals surface area contributed by atoms with Crippen molar-refractivity contribution in [2.45, 2.75) is 12.8 Å². The summed E-state index contributed by atoms with van der Waals surface area (Å²) < 4.78 is 67.1. The molecule has 0 unspecified atom stereocenters. The van der Waals surface area contributed by atoms with Gasteiger partial charge in [-0.3, -0.25) is 14.5 Å². The Morgan fingerprint density at radius 1 is 1.03 bits per heavy atom. The molecule has 2 amide bonds. The number of alkyl halides is 3. The summed E-state index contributed by atoms with van der Waals surface area (Å²) in [5.74, 6) is -5.47. The van der Waals surface area contributed by atoms with E-state index in [0.717, 1.165) is 35.2 Å². The van der Waals surface area contributed by atoms with Gasteiger partial charge in [0, 0.05) is 30.4 Å². The van der Waals surface area contributed by atoms with E-state index in [1.807, 2.05) is 0 Å². The van der Waals surface area contributed by atoms with Gasteiger partial charge in [-0.25, -0.2) is 8.78 Å². The monoisotopic (exact) mass is 428 g/mol. The second-order valence-corrected chi connectivity index (χ2v) is 6.21. The van der Waals surface area contributed by atoms with Gasteiger partial charge >= 0.3 is 6.36 Å². The minimum atomic E-state index is -4.81. The van der Waals surface area contributed by atoms with Gasteiger partial charge in [-0.1, -0.05) is 12.1 Å². The number of rotatable bonds is 6. The molecule has 0 saturated heterocycles. The van der Waals surface area contributed by atoms with E-state index >= 15 is 0 Å². The van der Waals surface area contributed by atoms with E-state index in [-0.39, 0.29) is 24.4 Å². The summed E-state index contributed by atoms with van der Waals surface area (Å²) in [6.45, 7) is -0.0723. The molecule has 0 spiro atoms. The Hall–Kier alpha value is -3.63. The average molecular weight is 428 g/mol. The molecule has 0 saturated carbocycles. The lowest BCUT2D eigenvalue weighted by Gasteiger charge is -2.15. The summed E-state index contributed by atoms with van der Waals surface area (Å²) in [6.07, 6.45) is -3.70. The van der Waals surface area contributed by atoms with Crippen molar-refractivity contribution in [3.05, 3.63) is 65.4 Å². The first kappa shape index (κ1) is 21.1. The maximum Gasteiger partial charge on any atom is 0.573 e. The van der Waals surface area contributed by atoms with Gasteiger partial charge in [0.25, 0.3) is 11.8 Å². The molecule has 3 rings (SSSR count). The van der Waals surface area contributed by atoms with Crippen molar-refractivity contribution in [2.75, 3.05) is 11.9 Å². The first-order valence-corrected chi connectivity index (χ1v) is 8.41. The van der Waals surface area contributed by atoms with Gasteiger partial charge in [0.15, 0.2) is 17.4 Å². The molecule has 0 aromatic heterocycles. The highest BCUT2D eigenvalue weighted by Crippen LogP contribution is 2.26. The standard InChI is InChI=1S/C19H13F5N2O4/c20-13-7-11(8-14(21)17(13)28)25-15-9-16(27)26(18(15)29)6-5-10-1-3-12(4-2-10)30-19(22,23)24/h1-4,7-9,25,28H,5-6H2. The number of hydrogen-bond donors (Lipinski definition) is 2. The van der Waals surface area contributed by atoms with E-state index in [1.54, 1.807) is 0 Å². The Balaban J connectivity index is 1.61. The number of halogens is 5. The predicted octanol–water partition coefficient (Wildman–Crippen LogP) is 3.48. The molecule has 2 aromatic carbocycles. The van der Waals surface area contributed by atoms with E-state index in [2.05, 4.69) is 10.1 Å². The zero-order chi connectivity index (χ0) is 22.1. The van der Waals surface area contributed by atoms with Crippen molar-refractivity contribution in [3.8, 4) is 11.5 Å². The number of aromatic hydroxyl groups is 1. The fraction of sp³-hybridized carbons (Fsp3) is 0.158. The molecule has 1 aliphatic rings. The SMILES string of the molecule is O=C1C=C(Nc2cc(F)c(O)c(F)c2)C(=O)N1CCc1ccc(OC(F)(F)F)cc1. The van der Waals surface area contributed by atoms with E-state index in [0.29, 0.717) is 5.56 Å². The maximum atomic E-state index is 13.4. The van der Waals surface area contributed by atoms with Crippen LogP contribution in [0.1, 0.15) is 5.56 Å². The van der Waals surface area contributed by atoms with Crippen molar-refractivity contribution >= 4 is 17.5 Å². The lowest BCUT2D eigenvalue weighted by molar-refractivity contribution is -0.274. The fourth-order valence-electron chi connectivity index (χ4n) is 2.70. The van der Waals surface area contributed by atoms with Crippen LogP contribution >= 0.6 is 0 Å². The summed E-state index contributed by atoms with van der Waals surface area (Å²) in [7, 11) is 0. The maximum absolute atomic E-state index is 13.4. The quantitative estimate of drug-likeness (QED) is 0.419. The van der Waals surface area contributed by atoms with Gasteiger partial charge in [0.1, 0.15) is 11.4 Å². The summed E-state index contributed by atoms with van der Waals surface area (Å²) >= 11 is 0. The summed E-state index contributed by atoms with van der Waals surface area (Å²) in [6, 6.07) is 6.45. The zero-order valence-corrected chi connectivity index (χ0v) is 15.0. The average Bonchev–Trinajstić information content (AvgIpc) is 2.91. The highest BCUT2D eigenvalue weighted by Gasteiger charge is 2.32. The molecule has 2 aromatic rings.